The summed E-state index contributed by atoms with van der Waals surface area (Å²) in [6.07, 6.45) is 4.96. The van der Waals surface area contributed by atoms with E-state index in [1.807, 2.05) is 24.3 Å². The molecule has 0 unspecified atom stereocenters. The molecule has 0 radical (unpaired) electrons. The predicted molar refractivity (Wildman–Crippen MR) is 103 cm³/mol. The Morgan fingerprint density at radius 3 is 1.92 bits per heavy atom. The van der Waals surface area contributed by atoms with Crippen LogP contribution in [0, 0.1) is 11.8 Å². The summed E-state index contributed by atoms with van der Waals surface area (Å²) in [6.45, 7) is 4.26. The zero-order chi connectivity index (χ0) is 17.6. The zero-order valence-corrected chi connectivity index (χ0v) is 15.3. The van der Waals surface area contributed by atoms with Gasteiger partial charge in [0.2, 0.25) is 5.91 Å². The van der Waals surface area contributed by atoms with Crippen LogP contribution in [0.2, 0.25) is 0 Å². The van der Waals surface area contributed by atoms with Crippen molar-refractivity contribution in [3.8, 4) is 0 Å². The molecule has 3 rings (SSSR count). The first kappa shape index (κ1) is 17.7. The van der Waals surface area contributed by atoms with Gasteiger partial charge in [0.1, 0.15) is 0 Å². The van der Waals surface area contributed by atoms with Crippen molar-refractivity contribution in [2.45, 2.75) is 51.5 Å². The number of carbonyl (C=O) groups excluding carboxylic acids is 1. The predicted octanol–water partition coefficient (Wildman–Crippen LogP) is 5.47. The molecule has 2 atom stereocenters. The van der Waals surface area contributed by atoms with Crippen molar-refractivity contribution < 1.29 is 4.79 Å². The smallest absolute Gasteiger partial charge is 0.228 e. The largest absolute Gasteiger partial charge is 0.348 e. The van der Waals surface area contributed by atoms with Crippen molar-refractivity contribution in [3.63, 3.8) is 0 Å². The molecule has 2 aromatic carbocycles. The van der Waals surface area contributed by atoms with Crippen LogP contribution >= 0.6 is 0 Å². The maximum atomic E-state index is 13.2. The average molecular weight is 335 g/mol. The van der Waals surface area contributed by atoms with Crippen LogP contribution in [0.25, 0.3) is 0 Å². The molecule has 0 heterocycles. The zero-order valence-electron chi connectivity index (χ0n) is 15.3. The third kappa shape index (κ3) is 4.31. The van der Waals surface area contributed by atoms with Gasteiger partial charge in [-0.2, -0.15) is 0 Å². The Bertz CT molecular complexity index is 659. The van der Waals surface area contributed by atoms with Gasteiger partial charge in [-0.1, -0.05) is 87.4 Å². The monoisotopic (exact) mass is 335 g/mol. The minimum absolute atomic E-state index is 0.103. The van der Waals surface area contributed by atoms with Crippen LogP contribution in [-0.4, -0.2) is 5.91 Å². The van der Waals surface area contributed by atoms with Gasteiger partial charge in [-0.25, -0.2) is 0 Å². The standard InChI is InChI=1S/C23H29NO/c1-17(2)21(18-11-5-3-6-12-18)23(25)24-22(20-15-9-10-16-20)19-13-7-4-8-14-19/h3-8,11-14,17,20-22H,9-10,15-16H2,1-2H3,(H,24,25)/t21-,22-/m0/s1. The van der Waals surface area contributed by atoms with Gasteiger partial charge < -0.3 is 5.32 Å². The average Bonchev–Trinajstić information content (AvgIpc) is 3.15. The lowest BCUT2D eigenvalue weighted by Crippen LogP contribution is -2.37. The van der Waals surface area contributed by atoms with Gasteiger partial charge in [0.15, 0.2) is 0 Å². The first-order valence-electron chi connectivity index (χ1n) is 9.57. The maximum absolute atomic E-state index is 13.2. The fourth-order valence-corrected chi connectivity index (χ4v) is 4.17. The molecule has 0 bridgehead atoms. The number of hydrogen-bond acceptors (Lipinski definition) is 1. The van der Waals surface area contributed by atoms with Crippen LogP contribution in [0.3, 0.4) is 0 Å². The summed E-state index contributed by atoms with van der Waals surface area (Å²) >= 11 is 0. The van der Waals surface area contributed by atoms with Gasteiger partial charge in [0, 0.05) is 0 Å². The third-order valence-electron chi connectivity index (χ3n) is 5.44. The molecule has 0 saturated heterocycles. The van der Waals surface area contributed by atoms with Crippen LogP contribution in [-0.2, 0) is 4.79 Å². The first-order valence-corrected chi connectivity index (χ1v) is 9.57. The first-order chi connectivity index (χ1) is 12.2. The minimum Gasteiger partial charge on any atom is -0.348 e. The second-order valence-corrected chi connectivity index (χ2v) is 7.57. The number of rotatable bonds is 6. The Balaban J connectivity index is 1.83. The molecular formula is C23H29NO. The van der Waals surface area contributed by atoms with Crippen molar-refractivity contribution in [2.24, 2.45) is 11.8 Å². The Kier molecular flexibility index (Phi) is 5.91. The van der Waals surface area contributed by atoms with Crippen LogP contribution < -0.4 is 5.32 Å². The maximum Gasteiger partial charge on any atom is 0.228 e. The van der Waals surface area contributed by atoms with Crippen molar-refractivity contribution >= 4 is 5.91 Å². The number of nitrogens with one attached hydrogen (secondary N) is 1. The highest BCUT2D eigenvalue weighted by molar-refractivity contribution is 5.84. The van der Waals surface area contributed by atoms with E-state index in [9.17, 15) is 4.79 Å². The minimum atomic E-state index is -0.103. The fourth-order valence-electron chi connectivity index (χ4n) is 4.17. The molecule has 1 saturated carbocycles. The Morgan fingerprint density at radius 1 is 0.880 bits per heavy atom. The molecule has 1 N–H and O–H groups in total. The van der Waals surface area contributed by atoms with Gasteiger partial charge in [0.25, 0.3) is 0 Å². The summed E-state index contributed by atoms with van der Waals surface area (Å²) < 4.78 is 0. The molecule has 0 spiro atoms. The summed E-state index contributed by atoms with van der Waals surface area (Å²) in [5.41, 5.74) is 2.34. The summed E-state index contributed by atoms with van der Waals surface area (Å²) in [4.78, 5) is 13.2. The lowest BCUT2D eigenvalue weighted by molar-refractivity contribution is -0.124. The molecule has 132 valence electrons. The Morgan fingerprint density at radius 2 is 1.40 bits per heavy atom. The summed E-state index contributed by atoms with van der Waals surface area (Å²) in [6, 6.07) is 20.8. The lowest BCUT2D eigenvalue weighted by atomic mass is 9.86. The molecular weight excluding hydrogens is 306 g/mol. The van der Waals surface area contributed by atoms with E-state index < -0.39 is 0 Å². The third-order valence-corrected chi connectivity index (χ3v) is 5.44. The lowest BCUT2D eigenvalue weighted by Gasteiger charge is -2.29. The van der Waals surface area contributed by atoms with E-state index in [1.165, 1.54) is 31.2 Å². The molecule has 1 aliphatic rings. The van der Waals surface area contributed by atoms with Gasteiger partial charge in [0.05, 0.1) is 12.0 Å². The second-order valence-electron chi connectivity index (χ2n) is 7.57. The molecule has 0 aromatic heterocycles. The topological polar surface area (TPSA) is 29.1 Å². The number of hydrogen-bond donors (Lipinski definition) is 1. The molecule has 1 aliphatic carbocycles. The second kappa shape index (κ2) is 8.33. The van der Waals surface area contributed by atoms with Crippen molar-refractivity contribution in [1.82, 2.24) is 5.32 Å². The van der Waals surface area contributed by atoms with Crippen LogP contribution in [0.15, 0.2) is 60.7 Å². The molecule has 25 heavy (non-hydrogen) atoms. The van der Waals surface area contributed by atoms with E-state index in [0.717, 1.165) is 5.56 Å². The van der Waals surface area contributed by atoms with Crippen LogP contribution in [0.5, 0.6) is 0 Å². The molecule has 1 fully saturated rings. The number of amides is 1. The quantitative estimate of drug-likeness (QED) is 0.744. The molecule has 0 aliphatic heterocycles. The van der Waals surface area contributed by atoms with Crippen molar-refractivity contribution in [1.29, 1.82) is 0 Å². The van der Waals surface area contributed by atoms with E-state index in [0.29, 0.717) is 5.92 Å². The van der Waals surface area contributed by atoms with Crippen molar-refractivity contribution in [3.05, 3.63) is 71.8 Å². The summed E-state index contributed by atoms with van der Waals surface area (Å²) in [7, 11) is 0. The SMILES string of the molecule is CC(C)[C@H](C(=O)N[C@@H](c1ccccc1)C1CCCC1)c1ccccc1. The fraction of sp³-hybridized carbons (Fsp3) is 0.435. The van der Waals surface area contributed by atoms with E-state index in [4.69, 9.17) is 0 Å². The van der Waals surface area contributed by atoms with E-state index >= 15 is 0 Å². The number of benzene rings is 2. The van der Waals surface area contributed by atoms with E-state index in [-0.39, 0.29) is 23.8 Å². The molecule has 2 heteroatoms. The Labute approximate surface area is 151 Å². The summed E-state index contributed by atoms with van der Waals surface area (Å²) in [5, 5.41) is 3.42. The number of carbonyl (C=O) groups is 1. The normalized spacial score (nSPS) is 17.4. The highest BCUT2D eigenvalue weighted by Crippen LogP contribution is 2.36. The van der Waals surface area contributed by atoms with Crippen LogP contribution in [0.1, 0.15) is 62.6 Å². The Hall–Kier alpha value is -2.09. The van der Waals surface area contributed by atoms with Gasteiger partial charge in [-0.05, 0) is 35.8 Å². The molecule has 2 nitrogen and oxygen atoms in total. The van der Waals surface area contributed by atoms with Gasteiger partial charge >= 0.3 is 0 Å². The highest BCUT2D eigenvalue weighted by Gasteiger charge is 2.31. The molecule has 1 amide bonds. The molecule has 2 aromatic rings. The highest BCUT2D eigenvalue weighted by atomic mass is 16.2. The summed E-state index contributed by atoms with van der Waals surface area (Å²) in [5.74, 6) is 0.869. The van der Waals surface area contributed by atoms with Crippen molar-refractivity contribution in [2.75, 3.05) is 0 Å². The van der Waals surface area contributed by atoms with E-state index in [2.05, 4.69) is 55.6 Å². The van der Waals surface area contributed by atoms with Gasteiger partial charge in [-0.15, -0.1) is 0 Å². The van der Waals surface area contributed by atoms with E-state index in [1.54, 1.807) is 0 Å². The van der Waals surface area contributed by atoms with Gasteiger partial charge in [-0.3, -0.25) is 4.79 Å². The van der Waals surface area contributed by atoms with Crippen LogP contribution in [0.4, 0.5) is 0 Å².